The zero-order valence-electron chi connectivity index (χ0n) is 22.9. The summed E-state index contributed by atoms with van der Waals surface area (Å²) < 4.78 is 85.5. The first-order valence-corrected chi connectivity index (χ1v) is 14.7. The molecule has 0 saturated carbocycles. The van der Waals surface area contributed by atoms with Crippen molar-refractivity contribution < 1.29 is 45.4 Å². The molecule has 2 rings (SSSR count). The summed E-state index contributed by atoms with van der Waals surface area (Å²) in [5.74, 6) is -14.9. The average Bonchev–Trinajstić information content (AvgIpc) is 2.88. The van der Waals surface area contributed by atoms with Crippen molar-refractivity contribution in [2.24, 2.45) is 0 Å². The molecule has 1 N–H and O–H groups in total. The number of hydrogen-bond donors (Lipinski definition) is 1. The van der Waals surface area contributed by atoms with Crippen LogP contribution in [0.1, 0.15) is 54.0 Å². The molecule has 39 heavy (non-hydrogen) atoms. The Balaban J connectivity index is 2.39. The number of hydrogen-bond acceptors (Lipinski definition) is 5. The van der Waals surface area contributed by atoms with E-state index in [0.29, 0.717) is 5.56 Å². The lowest BCUT2D eigenvalue weighted by Gasteiger charge is -2.41. The molecule has 0 aliphatic heterocycles. The van der Waals surface area contributed by atoms with Crippen molar-refractivity contribution in [2.75, 3.05) is 0 Å². The lowest BCUT2D eigenvalue weighted by atomic mass is 10.1. The molecule has 0 aliphatic carbocycles. The van der Waals surface area contributed by atoms with Crippen LogP contribution in [0.5, 0.6) is 5.75 Å². The van der Waals surface area contributed by atoms with E-state index in [9.17, 15) is 31.5 Å². The second-order valence-corrected chi connectivity index (χ2v) is 15.5. The lowest BCUT2D eigenvalue weighted by molar-refractivity contribution is -0.141. The molecule has 0 heterocycles. The Labute approximate surface area is 226 Å². The molecule has 2 aromatic rings. The van der Waals surface area contributed by atoms with Gasteiger partial charge in [-0.1, -0.05) is 71.9 Å². The standard InChI is InChI=1S/C27H34F5NO5Si/c1-14(2)39(15(3)4,16(5)6)38-27(35)33-24(17(7)36-13-18-11-9-8-10-12-18)26(34)37-25-22(31)20(29)19(28)21(30)23(25)32/h8-12,14-17,24H,13H2,1-7H3,(H,33,35)/t17-,24+/m1/s1. The molecule has 12 heteroatoms. The molecule has 0 unspecified atom stereocenters. The van der Waals surface area contributed by atoms with Gasteiger partial charge in [0.25, 0.3) is 8.32 Å². The number of rotatable bonds is 11. The first-order valence-electron chi connectivity index (χ1n) is 12.5. The quantitative estimate of drug-likeness (QED) is 0.0769. The molecule has 0 aromatic heterocycles. The Morgan fingerprint density at radius 1 is 0.769 bits per heavy atom. The Morgan fingerprint density at radius 3 is 1.69 bits per heavy atom. The van der Waals surface area contributed by atoms with Gasteiger partial charge < -0.3 is 19.2 Å². The van der Waals surface area contributed by atoms with Crippen LogP contribution in [0.15, 0.2) is 30.3 Å². The molecule has 2 aromatic carbocycles. The number of ether oxygens (including phenoxy) is 2. The summed E-state index contributed by atoms with van der Waals surface area (Å²) in [6, 6.07) is 7.04. The van der Waals surface area contributed by atoms with E-state index in [4.69, 9.17) is 9.16 Å². The van der Waals surface area contributed by atoms with Gasteiger partial charge in [0, 0.05) is 0 Å². The predicted molar refractivity (Wildman–Crippen MR) is 137 cm³/mol. The highest BCUT2D eigenvalue weighted by Crippen LogP contribution is 2.42. The molecule has 0 saturated heterocycles. The zero-order chi connectivity index (χ0) is 29.7. The lowest BCUT2D eigenvalue weighted by Crippen LogP contribution is -2.56. The van der Waals surface area contributed by atoms with Crippen LogP contribution in [0.3, 0.4) is 0 Å². The van der Waals surface area contributed by atoms with Crippen LogP contribution in [0.4, 0.5) is 26.7 Å². The number of carbonyl (C=O) groups excluding carboxylic acids is 2. The molecule has 0 radical (unpaired) electrons. The maximum absolute atomic E-state index is 14.2. The summed E-state index contributed by atoms with van der Waals surface area (Å²) in [5.41, 5.74) is 0.695. The average molecular weight is 576 g/mol. The summed E-state index contributed by atoms with van der Waals surface area (Å²) in [4.78, 5) is 26.2. The van der Waals surface area contributed by atoms with Crippen LogP contribution >= 0.6 is 0 Å². The van der Waals surface area contributed by atoms with Crippen molar-refractivity contribution in [1.82, 2.24) is 5.32 Å². The molecule has 0 aliphatic rings. The fourth-order valence-electron chi connectivity index (χ4n) is 4.78. The second kappa shape index (κ2) is 13.4. The third kappa shape index (κ3) is 7.16. The predicted octanol–water partition coefficient (Wildman–Crippen LogP) is 7.16. The van der Waals surface area contributed by atoms with Crippen LogP contribution in [0, 0.1) is 29.1 Å². The van der Waals surface area contributed by atoms with Gasteiger partial charge >= 0.3 is 12.1 Å². The molecule has 1 amide bonds. The monoisotopic (exact) mass is 575 g/mol. The van der Waals surface area contributed by atoms with Crippen LogP contribution < -0.4 is 10.1 Å². The van der Waals surface area contributed by atoms with Gasteiger partial charge in [-0.05, 0) is 29.1 Å². The van der Waals surface area contributed by atoms with Crippen molar-refractivity contribution in [2.45, 2.75) is 83.8 Å². The topological polar surface area (TPSA) is 73.9 Å². The van der Waals surface area contributed by atoms with Crippen LogP contribution in [0.2, 0.25) is 16.6 Å². The molecule has 0 spiro atoms. The maximum Gasteiger partial charge on any atom is 0.394 e. The van der Waals surface area contributed by atoms with Crippen molar-refractivity contribution in [1.29, 1.82) is 0 Å². The number of carbonyl (C=O) groups is 2. The van der Waals surface area contributed by atoms with Gasteiger partial charge in [-0.15, -0.1) is 0 Å². The van der Waals surface area contributed by atoms with Gasteiger partial charge in [-0.3, -0.25) is 0 Å². The Kier molecular flexibility index (Phi) is 11.1. The minimum atomic E-state index is -2.78. The number of esters is 1. The molecule has 6 nitrogen and oxygen atoms in total. The largest absolute Gasteiger partial charge is 0.503 e. The fraction of sp³-hybridized carbons (Fsp3) is 0.481. The highest BCUT2D eigenvalue weighted by molar-refractivity contribution is 6.78. The van der Waals surface area contributed by atoms with E-state index in [1.807, 2.05) is 41.5 Å². The number of nitrogens with one attached hydrogen (secondary N) is 1. The van der Waals surface area contributed by atoms with Gasteiger partial charge in [0.1, 0.15) is 0 Å². The third-order valence-corrected chi connectivity index (χ3v) is 12.7. The summed E-state index contributed by atoms with van der Waals surface area (Å²) in [5, 5.41) is 2.34. The van der Waals surface area contributed by atoms with E-state index >= 15 is 0 Å². The van der Waals surface area contributed by atoms with E-state index in [0.717, 1.165) is 0 Å². The minimum Gasteiger partial charge on any atom is -0.503 e. The van der Waals surface area contributed by atoms with E-state index < -0.39 is 67.4 Å². The summed E-state index contributed by atoms with van der Waals surface area (Å²) in [7, 11) is -2.78. The van der Waals surface area contributed by atoms with Gasteiger partial charge in [-0.2, -0.15) is 8.78 Å². The Bertz CT molecular complexity index is 1110. The number of benzene rings is 2. The van der Waals surface area contributed by atoms with Crippen molar-refractivity contribution in [3.8, 4) is 5.75 Å². The van der Waals surface area contributed by atoms with Crippen LogP contribution in [-0.2, 0) is 20.6 Å². The first-order chi connectivity index (χ1) is 18.1. The van der Waals surface area contributed by atoms with Crippen molar-refractivity contribution in [3.05, 3.63) is 65.0 Å². The summed E-state index contributed by atoms with van der Waals surface area (Å²) >= 11 is 0. The molecule has 0 bridgehead atoms. The smallest absolute Gasteiger partial charge is 0.394 e. The van der Waals surface area contributed by atoms with Crippen molar-refractivity contribution in [3.63, 3.8) is 0 Å². The van der Waals surface area contributed by atoms with Gasteiger partial charge in [-0.25, -0.2) is 22.8 Å². The second-order valence-electron chi connectivity index (χ2n) is 10.2. The van der Waals surface area contributed by atoms with Crippen LogP contribution in [-0.4, -0.2) is 32.5 Å². The molecular weight excluding hydrogens is 541 g/mol. The van der Waals surface area contributed by atoms with E-state index in [1.54, 1.807) is 30.3 Å². The third-order valence-electron chi connectivity index (χ3n) is 6.70. The minimum absolute atomic E-state index is 0.00578. The number of amides is 1. The molecular formula is C27H34F5NO5Si. The summed E-state index contributed by atoms with van der Waals surface area (Å²) in [6.07, 6.45) is -2.16. The highest BCUT2D eigenvalue weighted by Gasteiger charge is 2.49. The zero-order valence-corrected chi connectivity index (χ0v) is 23.9. The van der Waals surface area contributed by atoms with E-state index in [-0.39, 0.29) is 23.2 Å². The normalized spacial score (nSPS) is 13.5. The van der Waals surface area contributed by atoms with Gasteiger partial charge in [0.05, 0.1) is 12.7 Å². The Hall–Kier alpha value is -2.99. The molecule has 216 valence electrons. The SMILES string of the molecule is CC(C)[Si](OC(=O)N[C@H](C(=O)Oc1c(F)c(F)c(F)c(F)c1F)[C@@H](C)OCc1ccccc1)(C(C)C)C(C)C. The molecule has 2 atom stereocenters. The molecule has 0 fully saturated rings. The van der Waals surface area contributed by atoms with Gasteiger partial charge in [0.2, 0.25) is 34.8 Å². The first kappa shape index (κ1) is 32.2. The fourth-order valence-corrected chi connectivity index (χ4v) is 9.86. The highest BCUT2D eigenvalue weighted by atomic mass is 28.4. The van der Waals surface area contributed by atoms with E-state index in [2.05, 4.69) is 10.1 Å². The maximum atomic E-state index is 14.2. The van der Waals surface area contributed by atoms with Gasteiger partial charge in [0.15, 0.2) is 6.04 Å². The summed E-state index contributed by atoms with van der Waals surface area (Å²) in [6.45, 7) is 12.9. The van der Waals surface area contributed by atoms with Crippen LogP contribution in [0.25, 0.3) is 0 Å². The number of halogens is 5. The van der Waals surface area contributed by atoms with E-state index in [1.165, 1.54) is 6.92 Å². The van der Waals surface area contributed by atoms with Crippen molar-refractivity contribution >= 4 is 20.4 Å². The Morgan fingerprint density at radius 2 is 1.23 bits per heavy atom.